The summed E-state index contributed by atoms with van der Waals surface area (Å²) in [5.41, 5.74) is 0. The minimum Gasteiger partial charge on any atom is -0.454 e. The van der Waals surface area contributed by atoms with Crippen LogP contribution < -0.4 is 0 Å². The highest BCUT2D eigenvalue weighted by Gasteiger charge is 2.29. The lowest BCUT2D eigenvalue weighted by molar-refractivity contribution is -0.161. The van der Waals surface area contributed by atoms with Crippen molar-refractivity contribution in [1.82, 2.24) is 0 Å². The summed E-state index contributed by atoms with van der Waals surface area (Å²) in [4.78, 5) is 22.1. The van der Waals surface area contributed by atoms with Crippen molar-refractivity contribution in [3.63, 3.8) is 0 Å². The van der Waals surface area contributed by atoms with Gasteiger partial charge >= 0.3 is 5.97 Å². The summed E-state index contributed by atoms with van der Waals surface area (Å²) >= 11 is 0. The molecule has 0 saturated heterocycles. The molecule has 0 aromatic rings. The first-order chi connectivity index (χ1) is 6.69. The van der Waals surface area contributed by atoms with Gasteiger partial charge in [-0.2, -0.15) is 0 Å². The summed E-state index contributed by atoms with van der Waals surface area (Å²) in [6.07, 6.45) is 3.99. The number of carbonyl (C=O) groups is 2. The lowest BCUT2D eigenvalue weighted by Crippen LogP contribution is -2.32. The van der Waals surface area contributed by atoms with Gasteiger partial charge in [-0.1, -0.05) is 20.3 Å². The predicted molar refractivity (Wildman–Crippen MR) is 52.7 cm³/mol. The van der Waals surface area contributed by atoms with Crippen LogP contribution in [-0.2, 0) is 14.3 Å². The van der Waals surface area contributed by atoms with Gasteiger partial charge in [0.15, 0.2) is 12.4 Å². The normalized spacial score (nSPS) is 20.7. The molecule has 3 nitrogen and oxygen atoms in total. The first-order valence-corrected chi connectivity index (χ1v) is 5.34. The molecule has 0 spiro atoms. The molecule has 3 heteroatoms. The second kappa shape index (κ2) is 5.13. The van der Waals surface area contributed by atoms with E-state index < -0.39 is 6.10 Å². The van der Waals surface area contributed by atoms with E-state index in [1.54, 1.807) is 0 Å². The fourth-order valence-corrected chi connectivity index (χ4v) is 1.38. The highest BCUT2D eigenvalue weighted by atomic mass is 16.5. The number of ether oxygens (including phenoxy) is 1. The fraction of sp³-hybridized carbons (Fsp3) is 0.818. The van der Waals surface area contributed by atoms with Crippen LogP contribution in [0.4, 0.5) is 0 Å². The van der Waals surface area contributed by atoms with Gasteiger partial charge in [-0.3, -0.25) is 9.59 Å². The average molecular weight is 198 g/mol. The molecule has 0 aromatic heterocycles. The topological polar surface area (TPSA) is 43.4 Å². The summed E-state index contributed by atoms with van der Waals surface area (Å²) in [6.45, 7) is 3.91. The second-order valence-corrected chi connectivity index (χ2v) is 4.05. The van der Waals surface area contributed by atoms with Crippen molar-refractivity contribution in [2.75, 3.05) is 0 Å². The van der Waals surface area contributed by atoms with E-state index in [1.165, 1.54) is 0 Å². The molecule has 1 saturated carbocycles. The Bertz CT molecular complexity index is 209. The van der Waals surface area contributed by atoms with Gasteiger partial charge in [-0.05, 0) is 25.2 Å². The molecule has 80 valence electrons. The van der Waals surface area contributed by atoms with Crippen LogP contribution in [0.1, 0.15) is 39.5 Å². The van der Waals surface area contributed by atoms with E-state index in [2.05, 4.69) is 0 Å². The molecule has 1 rings (SSSR count). The Labute approximate surface area is 84.8 Å². The van der Waals surface area contributed by atoms with Crippen molar-refractivity contribution in [2.24, 2.45) is 11.8 Å². The van der Waals surface area contributed by atoms with Gasteiger partial charge in [-0.15, -0.1) is 0 Å². The Morgan fingerprint density at radius 2 is 2.21 bits per heavy atom. The molecule has 0 bridgehead atoms. The van der Waals surface area contributed by atoms with Gasteiger partial charge in [0, 0.05) is 0 Å². The summed E-state index contributed by atoms with van der Waals surface area (Å²) in [6, 6.07) is 0. The molecule has 14 heavy (non-hydrogen) atoms. The largest absolute Gasteiger partial charge is 0.454 e. The minimum absolute atomic E-state index is 0.0570. The molecule has 0 heterocycles. The van der Waals surface area contributed by atoms with E-state index in [9.17, 15) is 9.59 Å². The molecular formula is C11H18O3. The molecule has 0 amide bonds. The van der Waals surface area contributed by atoms with E-state index in [0.29, 0.717) is 0 Å². The van der Waals surface area contributed by atoms with Crippen molar-refractivity contribution in [3.05, 3.63) is 0 Å². The summed E-state index contributed by atoms with van der Waals surface area (Å²) in [7, 11) is 0. The van der Waals surface area contributed by atoms with Gasteiger partial charge in [0.2, 0.25) is 0 Å². The van der Waals surface area contributed by atoms with Crippen LogP contribution in [0.25, 0.3) is 0 Å². The van der Waals surface area contributed by atoms with Crippen molar-refractivity contribution < 1.29 is 14.3 Å². The zero-order valence-corrected chi connectivity index (χ0v) is 8.86. The molecular weight excluding hydrogens is 180 g/mol. The first kappa shape index (κ1) is 11.2. The molecule has 0 aliphatic heterocycles. The Hall–Kier alpha value is -0.860. The quantitative estimate of drug-likeness (QED) is 0.501. The Morgan fingerprint density at radius 3 is 2.57 bits per heavy atom. The Kier molecular flexibility index (Phi) is 4.11. The lowest BCUT2D eigenvalue weighted by atomic mass is 9.85. The first-order valence-electron chi connectivity index (χ1n) is 5.34. The van der Waals surface area contributed by atoms with Crippen LogP contribution in [0.3, 0.4) is 0 Å². The van der Waals surface area contributed by atoms with E-state index in [-0.39, 0.29) is 17.8 Å². The average Bonchev–Trinajstić information content (AvgIpc) is 2.10. The van der Waals surface area contributed by atoms with Crippen LogP contribution in [0, 0.1) is 11.8 Å². The molecule has 0 N–H and O–H groups in total. The zero-order chi connectivity index (χ0) is 10.6. The van der Waals surface area contributed by atoms with E-state index in [0.717, 1.165) is 32.0 Å². The van der Waals surface area contributed by atoms with E-state index in [4.69, 9.17) is 4.74 Å². The summed E-state index contributed by atoms with van der Waals surface area (Å²) in [5.74, 6) is -0.00770. The van der Waals surface area contributed by atoms with Gasteiger partial charge in [-0.25, -0.2) is 0 Å². The maximum atomic E-state index is 11.4. The Morgan fingerprint density at radius 1 is 1.57 bits per heavy atom. The number of carbonyl (C=O) groups excluding carboxylic acids is 2. The third kappa shape index (κ3) is 2.56. The number of hydrogen-bond acceptors (Lipinski definition) is 3. The van der Waals surface area contributed by atoms with Crippen molar-refractivity contribution >= 4 is 12.3 Å². The number of aldehydes is 1. The van der Waals surface area contributed by atoms with Gasteiger partial charge in [0.1, 0.15) is 0 Å². The number of hydrogen-bond donors (Lipinski definition) is 0. The maximum absolute atomic E-state index is 11.4. The van der Waals surface area contributed by atoms with E-state index in [1.807, 2.05) is 13.8 Å². The zero-order valence-electron chi connectivity index (χ0n) is 8.86. The highest BCUT2D eigenvalue weighted by Crippen LogP contribution is 2.28. The third-order valence-corrected chi connectivity index (χ3v) is 3.03. The van der Waals surface area contributed by atoms with Crippen LogP contribution in [0.2, 0.25) is 0 Å². The van der Waals surface area contributed by atoms with Gasteiger partial charge < -0.3 is 4.74 Å². The van der Waals surface area contributed by atoms with Crippen molar-refractivity contribution in [1.29, 1.82) is 0 Å². The molecule has 2 unspecified atom stereocenters. The minimum atomic E-state index is -0.548. The number of rotatable bonds is 5. The van der Waals surface area contributed by atoms with Crippen LogP contribution >= 0.6 is 0 Å². The standard InChI is InChI=1S/C11H18O3/c1-3-8(2)10(7-12)14-11(13)9-5-4-6-9/h7-10H,3-6H2,1-2H3. The highest BCUT2D eigenvalue weighted by molar-refractivity contribution is 5.75. The molecule has 2 atom stereocenters. The predicted octanol–water partition coefficient (Wildman–Crippen LogP) is 1.94. The monoisotopic (exact) mass is 198 g/mol. The lowest BCUT2D eigenvalue weighted by Gasteiger charge is -2.26. The molecule has 1 aliphatic rings. The molecule has 1 aliphatic carbocycles. The SMILES string of the molecule is CCC(C)C(C=O)OC(=O)C1CCC1. The van der Waals surface area contributed by atoms with Crippen LogP contribution in [0.5, 0.6) is 0 Å². The Balaban J connectivity index is 2.38. The van der Waals surface area contributed by atoms with Crippen LogP contribution in [-0.4, -0.2) is 18.4 Å². The van der Waals surface area contributed by atoms with E-state index >= 15 is 0 Å². The third-order valence-electron chi connectivity index (χ3n) is 3.03. The fourth-order valence-electron chi connectivity index (χ4n) is 1.38. The summed E-state index contributed by atoms with van der Waals surface area (Å²) in [5, 5.41) is 0. The van der Waals surface area contributed by atoms with Gasteiger partial charge in [0.25, 0.3) is 0 Å². The van der Waals surface area contributed by atoms with Crippen molar-refractivity contribution in [3.8, 4) is 0 Å². The molecule has 0 aromatic carbocycles. The number of esters is 1. The molecule has 0 radical (unpaired) electrons. The van der Waals surface area contributed by atoms with Crippen molar-refractivity contribution in [2.45, 2.75) is 45.6 Å². The smallest absolute Gasteiger partial charge is 0.309 e. The van der Waals surface area contributed by atoms with Gasteiger partial charge in [0.05, 0.1) is 5.92 Å². The second-order valence-electron chi connectivity index (χ2n) is 4.05. The molecule has 1 fully saturated rings. The maximum Gasteiger partial charge on any atom is 0.309 e. The summed E-state index contributed by atoms with van der Waals surface area (Å²) < 4.78 is 5.15. The van der Waals surface area contributed by atoms with Crippen LogP contribution in [0.15, 0.2) is 0 Å².